The van der Waals surface area contributed by atoms with Crippen molar-refractivity contribution in [3.05, 3.63) is 29.3 Å². The zero-order valence-corrected chi connectivity index (χ0v) is 10.5. The van der Waals surface area contributed by atoms with Crippen LogP contribution in [-0.2, 0) is 16.0 Å². The summed E-state index contributed by atoms with van der Waals surface area (Å²) in [5.74, 6) is -1.57. The van der Waals surface area contributed by atoms with E-state index in [1.54, 1.807) is 20.8 Å². The van der Waals surface area contributed by atoms with E-state index in [1.165, 1.54) is 0 Å². The second-order valence-corrected chi connectivity index (χ2v) is 5.32. The van der Waals surface area contributed by atoms with E-state index in [4.69, 9.17) is 4.74 Å². The Morgan fingerprint density at radius 2 is 1.94 bits per heavy atom. The summed E-state index contributed by atoms with van der Waals surface area (Å²) in [6.45, 7) is 5.23. The van der Waals surface area contributed by atoms with Crippen molar-refractivity contribution in [3.8, 4) is 0 Å². The summed E-state index contributed by atoms with van der Waals surface area (Å²) in [5, 5.41) is 2.68. The number of fused-ring (bicyclic) bond motifs is 1. The van der Waals surface area contributed by atoms with Crippen LogP contribution in [0.4, 0.5) is 14.5 Å². The van der Waals surface area contributed by atoms with Crippen molar-refractivity contribution in [2.45, 2.75) is 38.8 Å². The van der Waals surface area contributed by atoms with Crippen molar-refractivity contribution in [3.63, 3.8) is 0 Å². The molecule has 0 aromatic heterocycles. The molecule has 1 heterocycles. The second-order valence-electron chi connectivity index (χ2n) is 5.32. The van der Waals surface area contributed by atoms with Crippen molar-refractivity contribution < 1.29 is 18.3 Å². The molecule has 18 heavy (non-hydrogen) atoms. The first-order valence-electron chi connectivity index (χ1n) is 5.74. The molecule has 2 rings (SSSR count). The van der Waals surface area contributed by atoms with E-state index in [-0.39, 0.29) is 17.7 Å². The maximum atomic E-state index is 13.5. The van der Waals surface area contributed by atoms with Gasteiger partial charge in [-0.05, 0) is 32.9 Å². The van der Waals surface area contributed by atoms with Gasteiger partial charge in [0.05, 0.1) is 5.69 Å². The van der Waals surface area contributed by atoms with Gasteiger partial charge in [0.1, 0.15) is 23.3 Å². The highest BCUT2D eigenvalue weighted by atomic mass is 19.1. The standard InChI is InChI=1S/C13H15F2NO2/c1-13(2,3)18-12(17)10-6-7-8(14)4-5-9(15)11(7)16-10/h4-5,10,16H,6H2,1-3H3. The Balaban J connectivity index is 2.18. The van der Waals surface area contributed by atoms with Gasteiger partial charge in [-0.25, -0.2) is 13.6 Å². The van der Waals surface area contributed by atoms with Crippen LogP contribution in [0.3, 0.4) is 0 Å². The first-order valence-corrected chi connectivity index (χ1v) is 5.74. The Hall–Kier alpha value is -1.65. The quantitative estimate of drug-likeness (QED) is 0.784. The minimum absolute atomic E-state index is 0.0610. The van der Waals surface area contributed by atoms with Gasteiger partial charge >= 0.3 is 5.97 Å². The number of esters is 1. The van der Waals surface area contributed by atoms with Crippen molar-refractivity contribution in [1.29, 1.82) is 0 Å². The van der Waals surface area contributed by atoms with Crippen LogP contribution in [0.25, 0.3) is 0 Å². The monoisotopic (exact) mass is 255 g/mol. The van der Waals surface area contributed by atoms with Crippen molar-refractivity contribution in [2.75, 3.05) is 5.32 Å². The average Bonchev–Trinajstić information content (AvgIpc) is 2.67. The van der Waals surface area contributed by atoms with Gasteiger partial charge in [0.2, 0.25) is 0 Å². The molecule has 0 fully saturated rings. The zero-order valence-electron chi connectivity index (χ0n) is 10.5. The molecule has 0 radical (unpaired) electrons. The maximum absolute atomic E-state index is 13.5. The fourth-order valence-electron chi connectivity index (χ4n) is 1.89. The molecule has 1 aromatic carbocycles. The minimum atomic E-state index is -0.731. The number of rotatable bonds is 1. The lowest BCUT2D eigenvalue weighted by Crippen LogP contribution is -2.35. The number of anilines is 1. The number of hydrogen-bond donors (Lipinski definition) is 1. The van der Waals surface area contributed by atoms with Crippen LogP contribution in [0.2, 0.25) is 0 Å². The summed E-state index contributed by atoms with van der Waals surface area (Å²) < 4.78 is 32.1. The highest BCUT2D eigenvalue weighted by molar-refractivity contribution is 5.83. The third kappa shape index (κ3) is 2.44. The van der Waals surface area contributed by atoms with Crippen LogP contribution < -0.4 is 5.32 Å². The highest BCUT2D eigenvalue weighted by Gasteiger charge is 2.33. The predicted octanol–water partition coefficient (Wildman–Crippen LogP) is 2.64. The number of ether oxygens (including phenoxy) is 1. The Labute approximate surface area is 104 Å². The van der Waals surface area contributed by atoms with Crippen molar-refractivity contribution >= 4 is 11.7 Å². The molecular formula is C13H15F2NO2. The lowest BCUT2D eigenvalue weighted by molar-refractivity contribution is -0.155. The van der Waals surface area contributed by atoms with Crippen LogP contribution in [0.5, 0.6) is 0 Å². The van der Waals surface area contributed by atoms with Crippen molar-refractivity contribution in [2.24, 2.45) is 0 Å². The lowest BCUT2D eigenvalue weighted by Gasteiger charge is -2.22. The normalized spacial score (nSPS) is 18.2. The molecule has 0 saturated heterocycles. The lowest BCUT2D eigenvalue weighted by atomic mass is 10.1. The smallest absolute Gasteiger partial charge is 0.329 e. The minimum Gasteiger partial charge on any atom is -0.458 e. The molecule has 0 spiro atoms. The maximum Gasteiger partial charge on any atom is 0.329 e. The van der Waals surface area contributed by atoms with E-state index in [9.17, 15) is 13.6 Å². The van der Waals surface area contributed by atoms with E-state index in [0.29, 0.717) is 0 Å². The molecule has 98 valence electrons. The van der Waals surface area contributed by atoms with Crippen LogP contribution in [-0.4, -0.2) is 17.6 Å². The number of hydrogen-bond acceptors (Lipinski definition) is 3. The molecule has 0 amide bonds. The van der Waals surface area contributed by atoms with E-state index in [0.717, 1.165) is 12.1 Å². The van der Waals surface area contributed by atoms with Gasteiger partial charge in [0.25, 0.3) is 0 Å². The van der Waals surface area contributed by atoms with Crippen LogP contribution in [0, 0.1) is 11.6 Å². The van der Waals surface area contributed by atoms with Gasteiger partial charge in [-0.2, -0.15) is 0 Å². The van der Waals surface area contributed by atoms with Crippen molar-refractivity contribution in [1.82, 2.24) is 0 Å². The number of benzene rings is 1. The molecule has 1 aromatic rings. The molecule has 1 unspecified atom stereocenters. The van der Waals surface area contributed by atoms with E-state index in [1.807, 2.05) is 0 Å². The fraction of sp³-hybridized carbons (Fsp3) is 0.462. The molecular weight excluding hydrogens is 240 g/mol. The van der Waals surface area contributed by atoms with E-state index < -0.39 is 29.2 Å². The SMILES string of the molecule is CC(C)(C)OC(=O)C1Cc2c(F)ccc(F)c2N1. The Bertz CT molecular complexity index is 463. The Kier molecular flexibility index (Phi) is 3.00. The molecule has 0 aliphatic carbocycles. The number of carbonyl (C=O) groups is 1. The van der Waals surface area contributed by atoms with Crippen LogP contribution >= 0.6 is 0 Å². The summed E-state index contributed by atoms with van der Waals surface area (Å²) in [6, 6.07) is 1.37. The molecule has 1 N–H and O–H groups in total. The van der Waals surface area contributed by atoms with Gasteiger partial charge < -0.3 is 10.1 Å². The zero-order chi connectivity index (χ0) is 13.5. The largest absolute Gasteiger partial charge is 0.458 e. The summed E-state index contributed by atoms with van der Waals surface area (Å²) in [6.07, 6.45) is 0.105. The number of carbonyl (C=O) groups excluding carboxylic acids is 1. The van der Waals surface area contributed by atoms with Gasteiger partial charge in [0, 0.05) is 12.0 Å². The third-order valence-electron chi connectivity index (χ3n) is 2.62. The van der Waals surface area contributed by atoms with Crippen LogP contribution in [0.15, 0.2) is 12.1 Å². The fourth-order valence-corrected chi connectivity index (χ4v) is 1.89. The topological polar surface area (TPSA) is 38.3 Å². The predicted molar refractivity (Wildman–Crippen MR) is 63.3 cm³/mol. The van der Waals surface area contributed by atoms with Gasteiger partial charge in [-0.15, -0.1) is 0 Å². The van der Waals surface area contributed by atoms with Crippen LogP contribution in [0.1, 0.15) is 26.3 Å². The van der Waals surface area contributed by atoms with Gasteiger partial charge in [-0.1, -0.05) is 0 Å². The van der Waals surface area contributed by atoms with E-state index >= 15 is 0 Å². The molecule has 0 saturated carbocycles. The van der Waals surface area contributed by atoms with Gasteiger partial charge in [0.15, 0.2) is 0 Å². The average molecular weight is 255 g/mol. The Morgan fingerprint density at radius 3 is 2.50 bits per heavy atom. The first kappa shape index (κ1) is 12.8. The molecule has 1 atom stereocenters. The Morgan fingerprint density at radius 1 is 1.33 bits per heavy atom. The molecule has 5 heteroatoms. The molecule has 1 aliphatic heterocycles. The molecule has 1 aliphatic rings. The summed E-state index contributed by atoms with van der Waals surface area (Å²) in [7, 11) is 0. The number of halogens is 2. The molecule has 3 nitrogen and oxygen atoms in total. The second kappa shape index (κ2) is 4.23. The van der Waals surface area contributed by atoms with Gasteiger partial charge in [-0.3, -0.25) is 0 Å². The highest BCUT2D eigenvalue weighted by Crippen LogP contribution is 2.31. The summed E-state index contributed by atoms with van der Waals surface area (Å²) in [4.78, 5) is 11.8. The first-order chi connectivity index (χ1) is 8.28. The summed E-state index contributed by atoms with van der Waals surface area (Å²) in [5.41, 5.74) is -0.360. The third-order valence-corrected chi connectivity index (χ3v) is 2.62. The number of nitrogens with one attached hydrogen (secondary N) is 1. The summed E-state index contributed by atoms with van der Waals surface area (Å²) >= 11 is 0. The molecule has 0 bridgehead atoms. The van der Waals surface area contributed by atoms with E-state index in [2.05, 4.69) is 5.32 Å².